The zero-order valence-corrected chi connectivity index (χ0v) is 20.6. The summed E-state index contributed by atoms with van der Waals surface area (Å²) in [6.07, 6.45) is 1.76. The lowest BCUT2D eigenvalue weighted by atomic mass is 10.1. The van der Waals surface area contributed by atoms with Crippen LogP contribution < -0.4 is 4.90 Å². The second-order valence-corrected chi connectivity index (χ2v) is 11.5. The van der Waals surface area contributed by atoms with E-state index in [-0.39, 0.29) is 16.9 Å². The third kappa shape index (κ3) is 4.60. The van der Waals surface area contributed by atoms with Gasteiger partial charge in [0.05, 0.1) is 41.0 Å². The van der Waals surface area contributed by atoms with Crippen molar-refractivity contribution in [1.29, 1.82) is 0 Å². The fraction of sp³-hybridized carbons (Fsp3) is 0.417. The van der Waals surface area contributed by atoms with Crippen molar-refractivity contribution >= 4 is 42.6 Å². The first-order valence-corrected chi connectivity index (χ1v) is 13.7. The Balaban J connectivity index is 1.52. The molecule has 0 aliphatic carbocycles. The van der Waals surface area contributed by atoms with E-state index in [1.165, 1.54) is 21.7 Å². The van der Waals surface area contributed by atoms with Crippen LogP contribution in [0, 0.1) is 6.92 Å². The first-order valence-electron chi connectivity index (χ1n) is 11.4. The van der Waals surface area contributed by atoms with E-state index in [4.69, 9.17) is 14.5 Å². The number of hydrogen-bond donors (Lipinski definition) is 0. The molecule has 0 radical (unpaired) electrons. The predicted octanol–water partition coefficient (Wildman–Crippen LogP) is 3.45. The standard InChI is InChI=1S/C24H27N3O5S2/c1-17-8-9-19(34(29,30)26-10-13-31-14-11-26)15-20(17)23(28)27(16-18-5-4-12-32-18)24-25-21-6-2-3-7-22(21)33-24/h2-3,6-9,15,18H,4-5,10-14,16H2,1H3/t18-/m1/s1. The maximum Gasteiger partial charge on any atom is 0.260 e. The Hall–Kier alpha value is -2.37. The van der Waals surface area contributed by atoms with Gasteiger partial charge in [-0.15, -0.1) is 0 Å². The smallest absolute Gasteiger partial charge is 0.260 e. The first-order chi connectivity index (χ1) is 16.4. The Kier molecular flexibility index (Phi) is 6.67. The fourth-order valence-corrected chi connectivity index (χ4v) is 6.70. The van der Waals surface area contributed by atoms with Crippen LogP contribution in [0.2, 0.25) is 0 Å². The number of amides is 1. The number of rotatable bonds is 6. The Bertz CT molecular complexity index is 1260. The Labute approximate surface area is 203 Å². The normalized spacial score (nSPS) is 19.5. The van der Waals surface area contributed by atoms with Crippen molar-refractivity contribution in [2.45, 2.75) is 30.8 Å². The minimum absolute atomic E-state index is 0.0727. The average molecular weight is 502 g/mol. The van der Waals surface area contributed by atoms with Gasteiger partial charge < -0.3 is 9.47 Å². The van der Waals surface area contributed by atoms with Gasteiger partial charge in [-0.1, -0.05) is 29.5 Å². The average Bonchev–Trinajstić information content (AvgIpc) is 3.52. The molecule has 34 heavy (non-hydrogen) atoms. The van der Waals surface area contributed by atoms with Gasteiger partial charge in [0, 0.05) is 25.3 Å². The lowest BCUT2D eigenvalue weighted by molar-refractivity contribution is 0.0730. The molecule has 8 nitrogen and oxygen atoms in total. The van der Waals surface area contributed by atoms with E-state index in [0.29, 0.717) is 55.7 Å². The van der Waals surface area contributed by atoms with Gasteiger partial charge in [0.15, 0.2) is 5.13 Å². The van der Waals surface area contributed by atoms with Crippen molar-refractivity contribution in [2.24, 2.45) is 0 Å². The number of fused-ring (bicyclic) bond motifs is 1. The number of para-hydroxylation sites is 1. The van der Waals surface area contributed by atoms with Gasteiger partial charge in [0.2, 0.25) is 10.0 Å². The van der Waals surface area contributed by atoms with Crippen molar-refractivity contribution in [3.63, 3.8) is 0 Å². The van der Waals surface area contributed by atoms with E-state index in [2.05, 4.69) is 0 Å². The summed E-state index contributed by atoms with van der Waals surface area (Å²) >= 11 is 1.45. The number of morpholine rings is 1. The van der Waals surface area contributed by atoms with Gasteiger partial charge in [-0.05, 0) is 49.6 Å². The molecule has 180 valence electrons. The number of thiazole rings is 1. The lowest BCUT2D eigenvalue weighted by Gasteiger charge is -2.27. The zero-order valence-electron chi connectivity index (χ0n) is 19.0. The number of ether oxygens (including phenoxy) is 2. The third-order valence-corrected chi connectivity index (χ3v) is 9.17. The van der Waals surface area contributed by atoms with Gasteiger partial charge in [-0.2, -0.15) is 4.31 Å². The van der Waals surface area contributed by atoms with Crippen molar-refractivity contribution in [2.75, 3.05) is 44.4 Å². The quantitative estimate of drug-likeness (QED) is 0.514. The molecule has 1 atom stereocenters. The van der Waals surface area contributed by atoms with Crippen LogP contribution >= 0.6 is 11.3 Å². The molecule has 1 aromatic heterocycles. The molecule has 10 heteroatoms. The van der Waals surface area contributed by atoms with E-state index >= 15 is 0 Å². The van der Waals surface area contributed by atoms with Crippen LogP contribution in [0.25, 0.3) is 10.2 Å². The monoisotopic (exact) mass is 501 g/mol. The molecule has 2 fully saturated rings. The molecule has 5 rings (SSSR count). The molecule has 0 saturated carbocycles. The van der Waals surface area contributed by atoms with E-state index in [0.717, 1.165) is 23.1 Å². The molecule has 2 aliphatic heterocycles. The number of carbonyl (C=O) groups is 1. The van der Waals surface area contributed by atoms with Crippen LogP contribution in [0.4, 0.5) is 5.13 Å². The molecule has 2 aromatic carbocycles. The molecule has 0 N–H and O–H groups in total. The highest BCUT2D eigenvalue weighted by Gasteiger charge is 2.31. The van der Waals surface area contributed by atoms with Gasteiger partial charge >= 0.3 is 0 Å². The highest BCUT2D eigenvalue weighted by atomic mass is 32.2. The summed E-state index contributed by atoms with van der Waals surface area (Å²) in [5.41, 5.74) is 1.89. The Morgan fingerprint density at radius 3 is 2.71 bits per heavy atom. The number of benzene rings is 2. The molecule has 0 spiro atoms. The largest absolute Gasteiger partial charge is 0.379 e. The maximum atomic E-state index is 13.9. The lowest BCUT2D eigenvalue weighted by Crippen LogP contribution is -2.41. The minimum atomic E-state index is -3.72. The molecule has 3 heterocycles. The number of hydrogen-bond acceptors (Lipinski definition) is 7. The second-order valence-electron chi connectivity index (χ2n) is 8.51. The van der Waals surface area contributed by atoms with Gasteiger partial charge in [0.25, 0.3) is 5.91 Å². The molecule has 0 unspecified atom stereocenters. The Morgan fingerprint density at radius 2 is 1.97 bits per heavy atom. The summed E-state index contributed by atoms with van der Waals surface area (Å²) in [6, 6.07) is 12.5. The van der Waals surface area contributed by atoms with Crippen LogP contribution in [0.3, 0.4) is 0 Å². The third-order valence-electron chi connectivity index (χ3n) is 6.22. The van der Waals surface area contributed by atoms with Crippen molar-refractivity contribution in [3.8, 4) is 0 Å². The van der Waals surface area contributed by atoms with Crippen molar-refractivity contribution in [3.05, 3.63) is 53.6 Å². The topological polar surface area (TPSA) is 89.0 Å². The van der Waals surface area contributed by atoms with E-state index in [1.54, 1.807) is 17.0 Å². The number of anilines is 1. The van der Waals surface area contributed by atoms with Crippen LogP contribution in [0.1, 0.15) is 28.8 Å². The number of carbonyl (C=O) groups excluding carboxylic acids is 1. The van der Waals surface area contributed by atoms with Crippen molar-refractivity contribution in [1.82, 2.24) is 9.29 Å². The zero-order chi connectivity index (χ0) is 23.7. The molecule has 1 amide bonds. The summed E-state index contributed by atoms with van der Waals surface area (Å²) in [6.45, 7) is 4.21. The van der Waals surface area contributed by atoms with Crippen molar-refractivity contribution < 1.29 is 22.7 Å². The molecular weight excluding hydrogens is 474 g/mol. The molecule has 2 aliphatic rings. The van der Waals surface area contributed by atoms with Gasteiger partial charge in [0.1, 0.15) is 0 Å². The fourth-order valence-electron chi connectivity index (χ4n) is 4.29. The summed E-state index contributed by atoms with van der Waals surface area (Å²) < 4.78 is 40.0. The second kappa shape index (κ2) is 9.71. The van der Waals surface area contributed by atoms with Crippen LogP contribution in [0.15, 0.2) is 47.4 Å². The first kappa shape index (κ1) is 23.4. The van der Waals surface area contributed by atoms with E-state index in [9.17, 15) is 13.2 Å². The SMILES string of the molecule is Cc1ccc(S(=O)(=O)N2CCOCC2)cc1C(=O)N(C[C@H]1CCCO1)c1nc2ccccc2s1. The maximum absolute atomic E-state index is 13.9. The van der Waals surface area contributed by atoms with Gasteiger partial charge in [-0.25, -0.2) is 13.4 Å². The van der Waals surface area contributed by atoms with E-state index < -0.39 is 10.0 Å². The summed E-state index contributed by atoms with van der Waals surface area (Å²) in [5.74, 6) is -0.272. The molecule has 3 aromatic rings. The van der Waals surface area contributed by atoms with E-state index in [1.807, 2.05) is 31.2 Å². The van der Waals surface area contributed by atoms with Crippen LogP contribution in [0.5, 0.6) is 0 Å². The number of nitrogens with zero attached hydrogens (tertiary/aromatic N) is 3. The van der Waals surface area contributed by atoms with Gasteiger partial charge in [-0.3, -0.25) is 9.69 Å². The summed E-state index contributed by atoms with van der Waals surface area (Å²) in [7, 11) is -3.72. The van der Waals surface area contributed by atoms with Crippen LogP contribution in [-0.2, 0) is 19.5 Å². The highest BCUT2D eigenvalue weighted by Crippen LogP contribution is 2.32. The van der Waals surface area contributed by atoms with Crippen LogP contribution in [-0.4, -0.2) is 69.2 Å². The Morgan fingerprint density at radius 1 is 1.18 bits per heavy atom. The number of aromatic nitrogens is 1. The predicted molar refractivity (Wildman–Crippen MR) is 131 cm³/mol. The number of sulfonamides is 1. The minimum Gasteiger partial charge on any atom is -0.379 e. The number of aryl methyl sites for hydroxylation is 1. The molecular formula is C24H27N3O5S2. The highest BCUT2D eigenvalue weighted by molar-refractivity contribution is 7.89. The molecule has 2 saturated heterocycles. The summed E-state index contributed by atoms with van der Waals surface area (Å²) in [4.78, 5) is 20.4. The summed E-state index contributed by atoms with van der Waals surface area (Å²) in [5, 5.41) is 0.586. The molecule has 0 bridgehead atoms.